The quantitative estimate of drug-likeness (QED) is 0.672. The highest BCUT2D eigenvalue weighted by molar-refractivity contribution is 6.25. The minimum absolute atomic E-state index is 0.0899. The van der Waals surface area contributed by atoms with Crippen molar-refractivity contribution in [2.75, 3.05) is 5.73 Å². The molecule has 14 heavy (non-hydrogen) atoms. The summed E-state index contributed by atoms with van der Waals surface area (Å²) in [5.41, 5.74) is 6.77. The lowest BCUT2D eigenvalue weighted by molar-refractivity contribution is -0.118. The fraction of sp³-hybridized carbons (Fsp3) is 0.182. The van der Waals surface area contributed by atoms with Crippen molar-refractivity contribution in [3.8, 4) is 0 Å². The van der Waals surface area contributed by atoms with Gasteiger partial charge >= 0.3 is 0 Å². The summed E-state index contributed by atoms with van der Waals surface area (Å²) >= 11 is 0. The summed E-state index contributed by atoms with van der Waals surface area (Å²) in [5.74, 6) is 0.101. The van der Waals surface area contributed by atoms with Crippen molar-refractivity contribution >= 4 is 17.3 Å². The first-order valence-electron chi connectivity index (χ1n) is 4.48. The number of nitrogens with two attached hydrogens (primary N) is 1. The zero-order valence-corrected chi connectivity index (χ0v) is 7.62. The Bertz CT molecular complexity index is 382. The number of Topliss-reactive ketones (excluding diaryl/α,β-unsaturated/α-hetero) is 2. The maximum absolute atomic E-state index is 11.4. The summed E-state index contributed by atoms with van der Waals surface area (Å²) in [6, 6.07) is 6.97. The van der Waals surface area contributed by atoms with Crippen molar-refractivity contribution in [1.29, 1.82) is 0 Å². The van der Waals surface area contributed by atoms with Gasteiger partial charge in [0.15, 0.2) is 11.6 Å². The SMILES string of the molecule is Nc1ccccc1[C]1C(=O)CCC1=O. The maximum atomic E-state index is 11.4. The molecule has 0 unspecified atom stereocenters. The molecule has 0 saturated heterocycles. The van der Waals surface area contributed by atoms with E-state index in [0.717, 1.165) is 0 Å². The van der Waals surface area contributed by atoms with E-state index >= 15 is 0 Å². The average Bonchev–Trinajstić information content (AvgIpc) is 2.48. The van der Waals surface area contributed by atoms with Crippen LogP contribution in [0.5, 0.6) is 0 Å². The molecule has 1 aliphatic rings. The highest BCUT2D eigenvalue weighted by Gasteiger charge is 2.36. The van der Waals surface area contributed by atoms with Gasteiger partial charge in [-0.1, -0.05) is 18.2 Å². The third-order valence-electron chi connectivity index (χ3n) is 2.37. The van der Waals surface area contributed by atoms with E-state index in [4.69, 9.17) is 5.73 Å². The summed E-state index contributed by atoms with van der Waals surface area (Å²) in [6.07, 6.45) is 0.644. The number of carbonyl (C=O) groups excluding carboxylic acids is 2. The van der Waals surface area contributed by atoms with Gasteiger partial charge in [0.25, 0.3) is 0 Å². The molecule has 1 radical (unpaired) electrons. The van der Waals surface area contributed by atoms with Crippen LogP contribution in [0.3, 0.4) is 0 Å². The third-order valence-corrected chi connectivity index (χ3v) is 2.37. The number of rotatable bonds is 1. The Kier molecular flexibility index (Phi) is 2.08. The summed E-state index contributed by atoms with van der Waals surface area (Å²) in [5, 5.41) is 0. The maximum Gasteiger partial charge on any atom is 0.153 e. The van der Waals surface area contributed by atoms with Gasteiger partial charge in [-0.2, -0.15) is 0 Å². The van der Waals surface area contributed by atoms with Gasteiger partial charge in [0, 0.05) is 18.5 Å². The van der Waals surface area contributed by atoms with E-state index in [2.05, 4.69) is 0 Å². The molecule has 2 N–H and O–H groups in total. The Morgan fingerprint density at radius 3 is 2.14 bits per heavy atom. The van der Waals surface area contributed by atoms with Gasteiger partial charge in [-0.3, -0.25) is 9.59 Å². The molecule has 0 spiro atoms. The van der Waals surface area contributed by atoms with Crippen LogP contribution in [0.15, 0.2) is 24.3 Å². The molecule has 1 fully saturated rings. The van der Waals surface area contributed by atoms with Crippen molar-refractivity contribution in [2.24, 2.45) is 0 Å². The van der Waals surface area contributed by atoms with E-state index in [-0.39, 0.29) is 17.5 Å². The van der Waals surface area contributed by atoms with Crippen molar-refractivity contribution in [2.45, 2.75) is 12.8 Å². The van der Waals surface area contributed by atoms with Crippen LogP contribution >= 0.6 is 0 Å². The molecule has 0 heterocycles. The Hall–Kier alpha value is -1.64. The zero-order valence-electron chi connectivity index (χ0n) is 7.62. The number of nitrogen functional groups attached to an aromatic ring is 1. The van der Waals surface area contributed by atoms with Gasteiger partial charge in [0.05, 0.1) is 0 Å². The summed E-state index contributed by atoms with van der Waals surface area (Å²) < 4.78 is 0. The first kappa shape index (κ1) is 8.94. The van der Waals surface area contributed by atoms with Crippen LogP contribution in [-0.4, -0.2) is 11.6 Å². The van der Waals surface area contributed by atoms with E-state index in [1.54, 1.807) is 24.3 Å². The van der Waals surface area contributed by atoms with Gasteiger partial charge in [-0.15, -0.1) is 0 Å². The predicted octanol–water partition coefficient (Wildman–Crippen LogP) is 1.12. The number of ketones is 2. The molecule has 3 nitrogen and oxygen atoms in total. The van der Waals surface area contributed by atoms with Crippen LogP contribution < -0.4 is 5.73 Å². The van der Waals surface area contributed by atoms with Crippen molar-refractivity contribution in [3.63, 3.8) is 0 Å². The summed E-state index contributed by atoms with van der Waals surface area (Å²) in [6.45, 7) is 0. The monoisotopic (exact) mass is 188 g/mol. The van der Waals surface area contributed by atoms with Crippen LogP contribution in [0, 0.1) is 5.92 Å². The lowest BCUT2D eigenvalue weighted by Crippen LogP contribution is -2.14. The molecule has 1 aromatic rings. The van der Waals surface area contributed by atoms with E-state index in [1.807, 2.05) is 0 Å². The molecular weight excluding hydrogens is 178 g/mol. The molecule has 0 atom stereocenters. The Labute approximate surface area is 81.9 Å². The number of benzene rings is 1. The number of hydrogen-bond donors (Lipinski definition) is 1. The minimum Gasteiger partial charge on any atom is -0.398 e. The number of anilines is 1. The Morgan fingerprint density at radius 2 is 1.57 bits per heavy atom. The molecule has 0 aromatic heterocycles. The van der Waals surface area contributed by atoms with Crippen molar-refractivity contribution < 1.29 is 9.59 Å². The van der Waals surface area contributed by atoms with Crippen LogP contribution in [-0.2, 0) is 9.59 Å². The highest BCUT2D eigenvalue weighted by atomic mass is 16.2. The number of hydrogen-bond acceptors (Lipinski definition) is 3. The second kappa shape index (κ2) is 3.25. The van der Waals surface area contributed by atoms with E-state index in [1.165, 1.54) is 0 Å². The molecule has 0 amide bonds. The first-order chi connectivity index (χ1) is 6.70. The summed E-state index contributed by atoms with van der Waals surface area (Å²) in [4.78, 5) is 22.8. The second-order valence-electron chi connectivity index (χ2n) is 3.31. The van der Waals surface area contributed by atoms with Gasteiger partial charge in [0.1, 0.15) is 5.92 Å². The van der Waals surface area contributed by atoms with Crippen molar-refractivity contribution in [3.05, 3.63) is 35.7 Å². The lowest BCUT2D eigenvalue weighted by atomic mass is 9.94. The largest absolute Gasteiger partial charge is 0.398 e. The molecule has 1 aliphatic carbocycles. The van der Waals surface area contributed by atoms with Gasteiger partial charge in [0.2, 0.25) is 0 Å². The average molecular weight is 188 g/mol. The topological polar surface area (TPSA) is 60.2 Å². The van der Waals surface area contributed by atoms with Gasteiger partial charge < -0.3 is 5.73 Å². The molecule has 0 bridgehead atoms. The number of carbonyl (C=O) groups is 2. The first-order valence-corrected chi connectivity index (χ1v) is 4.48. The molecule has 3 heteroatoms. The Balaban J connectivity index is 2.44. The number of para-hydroxylation sites is 1. The Morgan fingerprint density at radius 1 is 1.00 bits per heavy atom. The fourth-order valence-corrected chi connectivity index (χ4v) is 1.66. The van der Waals surface area contributed by atoms with Crippen molar-refractivity contribution in [1.82, 2.24) is 0 Å². The standard InChI is InChI=1S/C11H10NO2/c12-8-4-2-1-3-7(8)11-9(13)5-6-10(11)14/h1-4H,5-6,12H2. The predicted molar refractivity (Wildman–Crippen MR) is 52.4 cm³/mol. The van der Waals surface area contributed by atoms with E-state index in [0.29, 0.717) is 24.1 Å². The molecule has 71 valence electrons. The van der Waals surface area contributed by atoms with E-state index < -0.39 is 0 Å². The normalized spacial score (nSPS) is 17.7. The second-order valence-corrected chi connectivity index (χ2v) is 3.31. The molecule has 1 saturated carbocycles. The third kappa shape index (κ3) is 1.31. The van der Waals surface area contributed by atoms with E-state index in [9.17, 15) is 9.59 Å². The van der Waals surface area contributed by atoms with Crippen LogP contribution in [0.1, 0.15) is 18.4 Å². The molecule has 2 rings (SSSR count). The molecule has 1 aromatic carbocycles. The summed E-state index contributed by atoms with van der Waals surface area (Å²) in [7, 11) is 0. The lowest BCUT2D eigenvalue weighted by Gasteiger charge is -2.08. The molecule has 0 aliphatic heterocycles. The highest BCUT2D eigenvalue weighted by Crippen LogP contribution is 2.30. The van der Waals surface area contributed by atoms with Gasteiger partial charge in [-0.25, -0.2) is 0 Å². The van der Waals surface area contributed by atoms with Crippen LogP contribution in [0.2, 0.25) is 0 Å². The molecular formula is C11H10NO2. The smallest absolute Gasteiger partial charge is 0.153 e. The van der Waals surface area contributed by atoms with Gasteiger partial charge in [-0.05, 0) is 11.6 Å². The van der Waals surface area contributed by atoms with Crippen LogP contribution in [0.4, 0.5) is 5.69 Å². The minimum atomic E-state index is -0.0899. The van der Waals surface area contributed by atoms with Crippen LogP contribution in [0.25, 0.3) is 0 Å². The zero-order chi connectivity index (χ0) is 10.1. The fourth-order valence-electron chi connectivity index (χ4n) is 1.66.